The number of hydrogen-bond donors (Lipinski definition) is 2. The van der Waals surface area contributed by atoms with Gasteiger partial charge in [0.05, 0.1) is 6.61 Å². The molecule has 0 aliphatic carbocycles. The van der Waals surface area contributed by atoms with Gasteiger partial charge in [-0.05, 0) is 35.7 Å². The Morgan fingerprint density at radius 2 is 2.10 bits per heavy atom. The van der Waals surface area contributed by atoms with E-state index in [2.05, 4.69) is 15.3 Å². The number of carbonyl (C=O) groups is 2. The Morgan fingerprint density at radius 3 is 2.87 bits per heavy atom. The molecule has 30 heavy (non-hydrogen) atoms. The van der Waals surface area contributed by atoms with Gasteiger partial charge in [0.15, 0.2) is 0 Å². The molecule has 2 atom stereocenters. The molecule has 3 aromatic rings. The van der Waals surface area contributed by atoms with Gasteiger partial charge in [-0.25, -0.2) is 4.98 Å². The molecule has 0 saturated carbocycles. The molecule has 4 heterocycles. The monoisotopic (exact) mass is 403 g/mol. The Hall–Kier alpha value is -3.52. The highest BCUT2D eigenvalue weighted by molar-refractivity contribution is 6.08. The summed E-state index contributed by atoms with van der Waals surface area (Å²) in [6.07, 6.45) is 5.48. The number of nitrogens with one attached hydrogen (secondary N) is 1. The zero-order valence-electron chi connectivity index (χ0n) is 16.4. The molecule has 2 aliphatic rings. The highest BCUT2D eigenvalue weighted by Crippen LogP contribution is 2.54. The summed E-state index contributed by atoms with van der Waals surface area (Å²) in [6.45, 7) is 0.217. The van der Waals surface area contributed by atoms with Crippen LogP contribution in [0, 0.1) is 0 Å². The van der Waals surface area contributed by atoms with Crippen molar-refractivity contribution in [1.82, 2.24) is 19.4 Å². The van der Waals surface area contributed by atoms with E-state index in [4.69, 9.17) is 0 Å². The van der Waals surface area contributed by atoms with Crippen molar-refractivity contribution < 1.29 is 14.7 Å². The molecule has 2 N–H and O–H groups in total. The molecule has 1 fully saturated rings. The summed E-state index contributed by atoms with van der Waals surface area (Å²) < 4.78 is 1.85. The first-order chi connectivity index (χ1) is 14.6. The van der Waals surface area contributed by atoms with Crippen molar-refractivity contribution in [2.24, 2.45) is 7.05 Å². The van der Waals surface area contributed by atoms with Gasteiger partial charge in [-0.2, -0.15) is 0 Å². The van der Waals surface area contributed by atoms with E-state index in [1.54, 1.807) is 23.2 Å². The minimum atomic E-state index is -0.917. The molecule has 1 spiro atoms. The molecule has 1 saturated heterocycles. The van der Waals surface area contributed by atoms with E-state index in [-0.39, 0.29) is 24.1 Å². The Balaban J connectivity index is 1.66. The van der Waals surface area contributed by atoms with Crippen LogP contribution in [-0.4, -0.2) is 42.9 Å². The molecule has 2 aliphatic heterocycles. The molecule has 0 unspecified atom stereocenters. The number of benzene rings is 1. The van der Waals surface area contributed by atoms with E-state index in [9.17, 15) is 14.7 Å². The molecule has 2 aromatic heterocycles. The van der Waals surface area contributed by atoms with E-state index >= 15 is 0 Å². The summed E-state index contributed by atoms with van der Waals surface area (Å²) in [5, 5.41) is 12.4. The number of pyridine rings is 1. The van der Waals surface area contributed by atoms with Gasteiger partial charge in [0.1, 0.15) is 23.0 Å². The molecule has 0 bridgehead atoms. The van der Waals surface area contributed by atoms with E-state index in [1.165, 1.54) is 6.20 Å². The number of hydrogen-bond acceptors (Lipinski definition) is 5. The number of rotatable bonds is 3. The van der Waals surface area contributed by atoms with Crippen molar-refractivity contribution in [2.75, 3.05) is 11.9 Å². The molecule has 0 radical (unpaired) electrons. The lowest BCUT2D eigenvalue weighted by molar-refractivity contribution is -0.121. The maximum absolute atomic E-state index is 13.5. The Morgan fingerprint density at radius 1 is 1.27 bits per heavy atom. The van der Waals surface area contributed by atoms with Crippen molar-refractivity contribution in [1.29, 1.82) is 0 Å². The summed E-state index contributed by atoms with van der Waals surface area (Å²) in [4.78, 5) is 37.3. The third-order valence-electron chi connectivity index (χ3n) is 6.18. The molecule has 8 nitrogen and oxygen atoms in total. The molecular formula is C22H21N5O3. The lowest BCUT2D eigenvalue weighted by Crippen LogP contribution is -2.44. The molecule has 5 rings (SSSR count). The Labute approximate surface area is 173 Å². The van der Waals surface area contributed by atoms with Crippen LogP contribution in [0.1, 0.15) is 39.9 Å². The van der Waals surface area contributed by atoms with E-state index in [0.717, 1.165) is 11.3 Å². The maximum Gasteiger partial charge on any atom is 0.273 e. The number of para-hydroxylation sites is 1. The van der Waals surface area contributed by atoms with E-state index in [1.807, 2.05) is 42.1 Å². The Bertz CT molecular complexity index is 1160. The number of imidazole rings is 1. The van der Waals surface area contributed by atoms with Crippen molar-refractivity contribution in [3.63, 3.8) is 0 Å². The number of aliphatic hydroxyl groups excluding tert-OH is 1. The highest BCUT2D eigenvalue weighted by atomic mass is 16.3. The fourth-order valence-electron chi connectivity index (χ4n) is 4.74. The normalized spacial score (nSPS) is 22.4. The van der Waals surface area contributed by atoms with Crippen LogP contribution in [0.15, 0.2) is 55.0 Å². The van der Waals surface area contributed by atoms with Crippen molar-refractivity contribution in [3.05, 3.63) is 77.6 Å². The van der Waals surface area contributed by atoms with Crippen LogP contribution in [0.2, 0.25) is 0 Å². The molecule has 1 aromatic carbocycles. The molecule has 8 heteroatoms. The smallest absolute Gasteiger partial charge is 0.273 e. The quantitative estimate of drug-likeness (QED) is 0.694. The van der Waals surface area contributed by atoms with Gasteiger partial charge < -0.3 is 19.9 Å². The second kappa shape index (κ2) is 6.77. The fourth-order valence-corrected chi connectivity index (χ4v) is 4.74. The van der Waals surface area contributed by atoms with Crippen LogP contribution in [0.5, 0.6) is 0 Å². The number of anilines is 1. The van der Waals surface area contributed by atoms with Crippen LogP contribution >= 0.6 is 0 Å². The average molecular weight is 403 g/mol. The van der Waals surface area contributed by atoms with Crippen LogP contribution in [0.25, 0.3) is 0 Å². The van der Waals surface area contributed by atoms with Gasteiger partial charge in [0.2, 0.25) is 5.91 Å². The average Bonchev–Trinajstić information content (AvgIpc) is 3.44. The maximum atomic E-state index is 13.5. The number of carbonyl (C=O) groups excluding carboxylic acids is 2. The summed E-state index contributed by atoms with van der Waals surface area (Å²) in [6, 6.07) is 10.3. The summed E-state index contributed by atoms with van der Waals surface area (Å²) in [5.41, 5.74) is 1.59. The Kier molecular flexibility index (Phi) is 4.18. The minimum Gasteiger partial charge on any atom is -0.392 e. The number of aryl methyl sites for hydroxylation is 1. The number of amides is 2. The zero-order valence-corrected chi connectivity index (χ0v) is 16.4. The van der Waals surface area contributed by atoms with Gasteiger partial charge in [0.25, 0.3) is 5.91 Å². The minimum absolute atomic E-state index is 0.121. The zero-order chi connectivity index (χ0) is 20.9. The van der Waals surface area contributed by atoms with E-state index < -0.39 is 11.5 Å². The molecule has 152 valence electrons. The lowest BCUT2D eigenvalue weighted by atomic mass is 9.74. The van der Waals surface area contributed by atoms with Crippen molar-refractivity contribution in [2.45, 2.75) is 24.5 Å². The van der Waals surface area contributed by atoms with Crippen LogP contribution in [0.3, 0.4) is 0 Å². The van der Waals surface area contributed by atoms with Crippen LogP contribution < -0.4 is 5.32 Å². The second-order valence-electron chi connectivity index (χ2n) is 7.73. The van der Waals surface area contributed by atoms with Crippen LogP contribution in [0.4, 0.5) is 5.69 Å². The topological polar surface area (TPSA) is 100 Å². The van der Waals surface area contributed by atoms with Crippen molar-refractivity contribution in [3.8, 4) is 0 Å². The number of nitrogens with zero attached hydrogens (tertiary/aromatic N) is 4. The predicted molar refractivity (Wildman–Crippen MR) is 109 cm³/mol. The number of likely N-dealkylation sites (tertiary alicyclic amines) is 1. The fraction of sp³-hybridized carbons (Fsp3) is 0.273. The first kappa shape index (κ1) is 18.5. The van der Waals surface area contributed by atoms with Gasteiger partial charge in [0, 0.05) is 37.9 Å². The SMILES string of the molecule is Cn1ccnc1[C@@H]1N(C(=O)c2cc(CO)ccn2)CC[C@]12C(=O)Nc1ccccc12. The number of fused-ring (bicyclic) bond motifs is 2. The third-order valence-corrected chi connectivity index (χ3v) is 6.18. The van der Waals surface area contributed by atoms with E-state index in [0.29, 0.717) is 24.4 Å². The predicted octanol–water partition coefficient (Wildman–Crippen LogP) is 1.78. The number of aromatic nitrogens is 3. The first-order valence-electron chi connectivity index (χ1n) is 9.81. The third kappa shape index (κ3) is 2.50. The van der Waals surface area contributed by atoms with Crippen molar-refractivity contribution >= 4 is 17.5 Å². The summed E-state index contributed by atoms with van der Waals surface area (Å²) >= 11 is 0. The molecule has 2 amide bonds. The standard InChI is InChI=1S/C22H21N5O3/c1-26-11-9-24-19(26)18-22(15-4-2-3-5-16(15)25-21(22)30)7-10-27(18)20(29)17-12-14(13-28)6-8-23-17/h2-6,8-9,11-12,18,28H,7,10,13H2,1H3,(H,25,30)/t18-,22+/m0/s1. The van der Waals surface area contributed by atoms with Gasteiger partial charge >= 0.3 is 0 Å². The second-order valence-corrected chi connectivity index (χ2v) is 7.73. The molecular weight excluding hydrogens is 382 g/mol. The number of aliphatic hydroxyl groups is 1. The lowest BCUT2D eigenvalue weighted by Gasteiger charge is -2.33. The van der Waals surface area contributed by atoms with Gasteiger partial charge in [-0.15, -0.1) is 0 Å². The highest BCUT2D eigenvalue weighted by Gasteiger charge is 2.60. The van der Waals surface area contributed by atoms with Crippen LogP contribution in [-0.2, 0) is 23.9 Å². The summed E-state index contributed by atoms with van der Waals surface area (Å²) in [7, 11) is 1.86. The first-order valence-corrected chi connectivity index (χ1v) is 9.81. The van der Waals surface area contributed by atoms with Gasteiger partial charge in [-0.1, -0.05) is 18.2 Å². The van der Waals surface area contributed by atoms with Gasteiger partial charge in [-0.3, -0.25) is 14.6 Å². The largest absolute Gasteiger partial charge is 0.392 e. The summed E-state index contributed by atoms with van der Waals surface area (Å²) in [5.74, 6) is 0.238.